The Kier molecular flexibility index (Phi) is 3.74. The van der Waals surface area contributed by atoms with E-state index in [0.29, 0.717) is 5.33 Å². The summed E-state index contributed by atoms with van der Waals surface area (Å²) in [7, 11) is 0. The predicted molar refractivity (Wildman–Crippen MR) is 40.2 cm³/mol. The molecule has 6 heavy (non-hydrogen) atoms. The van der Waals surface area contributed by atoms with Crippen LogP contribution in [-0.4, -0.2) is 8.02 Å². The molecule has 0 aromatic heterocycles. The minimum atomic E-state index is -0.444. The molecule has 0 saturated heterocycles. The van der Waals surface area contributed by atoms with E-state index >= 15 is 0 Å². The van der Waals surface area contributed by atoms with Crippen LogP contribution in [0, 0.1) is 0 Å². The van der Waals surface area contributed by atoms with Gasteiger partial charge in [-0.3, -0.25) is 0 Å². The number of hydrogen-bond acceptors (Lipinski definition) is 0. The first-order chi connectivity index (χ1) is 2.56. The number of halogens is 4. The maximum atomic E-state index is 5.50. The van der Waals surface area contributed by atoms with Crippen LogP contribution >= 0.6 is 59.4 Å². The molecule has 0 aliphatic rings. The van der Waals surface area contributed by atoms with Gasteiger partial charge < -0.3 is 0 Å². The fourth-order valence-electron chi connectivity index (χ4n) is 0. The quantitative estimate of drug-likeness (QED) is 0.653. The van der Waals surface area contributed by atoms with E-state index in [1.165, 1.54) is 0 Å². The molecule has 0 fully saturated rings. The summed E-state index contributed by atoms with van der Waals surface area (Å²) < 4.78 is -0.444. The first-order valence-corrected chi connectivity index (χ1v) is 4.27. The summed E-state index contributed by atoms with van der Waals surface area (Å²) in [5.41, 5.74) is 0. The molecule has 0 unspecified atom stereocenters. The molecule has 0 saturated carbocycles. The molecule has 0 aromatic rings. The highest BCUT2D eigenvalue weighted by Gasteiger charge is 2.14. The lowest BCUT2D eigenvalue weighted by molar-refractivity contribution is 1.41. The zero-order valence-electron chi connectivity index (χ0n) is 2.72. The van der Waals surface area contributed by atoms with Crippen molar-refractivity contribution < 1.29 is 0 Å². The summed E-state index contributed by atoms with van der Waals surface area (Å²) in [6, 6.07) is 0. The molecule has 0 aliphatic heterocycles. The van der Waals surface area contributed by atoms with Crippen LogP contribution in [0.15, 0.2) is 0 Å². The van der Waals surface area contributed by atoms with Crippen LogP contribution in [0.25, 0.3) is 0 Å². The van der Waals surface area contributed by atoms with E-state index in [-0.39, 0.29) is 0 Å². The Hall–Kier alpha value is 1.73. The SMILES string of the molecule is ClC(Br)(Br)CBr. The van der Waals surface area contributed by atoms with Crippen molar-refractivity contribution in [2.75, 3.05) is 5.33 Å². The maximum absolute atomic E-state index is 5.50. The first-order valence-electron chi connectivity index (χ1n) is 1.19. The third-order valence-electron chi connectivity index (χ3n) is 0.152. The second kappa shape index (κ2) is 2.90. The van der Waals surface area contributed by atoms with E-state index < -0.39 is 2.69 Å². The molecule has 0 bridgehead atoms. The molecule has 0 nitrogen and oxygen atoms in total. The molecule has 0 heterocycles. The third-order valence-corrected chi connectivity index (χ3v) is 3.51. The average Bonchev–Trinajstić information content (AvgIpc) is 1.35. The van der Waals surface area contributed by atoms with Crippen molar-refractivity contribution in [3.8, 4) is 0 Å². The first kappa shape index (κ1) is 7.73. The van der Waals surface area contributed by atoms with Crippen molar-refractivity contribution in [2.24, 2.45) is 0 Å². The van der Waals surface area contributed by atoms with Crippen LogP contribution in [0.2, 0.25) is 0 Å². The average molecular weight is 301 g/mol. The lowest BCUT2D eigenvalue weighted by Crippen LogP contribution is -1.98. The Morgan fingerprint density at radius 2 is 1.67 bits per heavy atom. The van der Waals surface area contributed by atoms with E-state index in [4.69, 9.17) is 11.6 Å². The van der Waals surface area contributed by atoms with E-state index in [2.05, 4.69) is 47.8 Å². The largest absolute Gasteiger partial charge is 0.163 e. The van der Waals surface area contributed by atoms with Gasteiger partial charge in [-0.1, -0.05) is 59.4 Å². The van der Waals surface area contributed by atoms with Gasteiger partial charge >= 0.3 is 0 Å². The lowest BCUT2D eigenvalue weighted by atomic mass is 11.0. The molecule has 0 N–H and O–H groups in total. The molecule has 0 aromatic carbocycles. The lowest BCUT2D eigenvalue weighted by Gasteiger charge is -2.02. The van der Waals surface area contributed by atoms with Crippen LogP contribution in [0.4, 0.5) is 0 Å². The maximum Gasteiger partial charge on any atom is 0.163 e. The topological polar surface area (TPSA) is 0 Å². The standard InChI is InChI=1S/C2H2Br3Cl/c3-1-2(4,5)6/h1H2. The molecular weight excluding hydrogens is 299 g/mol. The molecule has 0 amide bonds. The Bertz CT molecular complexity index is 38.5. The van der Waals surface area contributed by atoms with Crippen LogP contribution in [-0.2, 0) is 0 Å². The highest BCUT2D eigenvalue weighted by atomic mass is 79.9. The zero-order valence-corrected chi connectivity index (χ0v) is 8.23. The Labute approximate surface area is 67.0 Å². The summed E-state index contributed by atoms with van der Waals surface area (Å²) >= 11 is 14.9. The second-order valence-corrected chi connectivity index (χ2v) is 6.64. The molecule has 0 spiro atoms. The predicted octanol–water partition coefficient (Wildman–Crippen LogP) is 3.06. The summed E-state index contributed by atoms with van der Waals surface area (Å²) in [6.45, 7) is 0. The van der Waals surface area contributed by atoms with E-state index in [0.717, 1.165) is 0 Å². The van der Waals surface area contributed by atoms with Gasteiger partial charge in [-0.15, -0.1) is 0 Å². The summed E-state index contributed by atoms with van der Waals surface area (Å²) in [4.78, 5) is 0. The molecule has 0 atom stereocenters. The fourth-order valence-corrected chi connectivity index (χ4v) is 0. The van der Waals surface area contributed by atoms with Gasteiger partial charge in [0.05, 0.1) is 0 Å². The number of alkyl halides is 4. The van der Waals surface area contributed by atoms with Gasteiger partial charge in [0.25, 0.3) is 0 Å². The smallest absolute Gasteiger partial charge is 0.0930 e. The van der Waals surface area contributed by atoms with Crippen LogP contribution < -0.4 is 0 Å². The van der Waals surface area contributed by atoms with E-state index in [1.54, 1.807) is 0 Å². The van der Waals surface area contributed by atoms with Crippen molar-refractivity contribution in [3.63, 3.8) is 0 Å². The van der Waals surface area contributed by atoms with Gasteiger partial charge in [0.1, 0.15) is 0 Å². The van der Waals surface area contributed by atoms with Crippen LogP contribution in [0.3, 0.4) is 0 Å². The highest BCUT2D eigenvalue weighted by Crippen LogP contribution is 2.32. The van der Waals surface area contributed by atoms with Gasteiger partial charge in [-0.2, -0.15) is 0 Å². The van der Waals surface area contributed by atoms with Gasteiger partial charge in [0, 0.05) is 5.33 Å². The molecule has 0 radical (unpaired) electrons. The van der Waals surface area contributed by atoms with E-state index in [9.17, 15) is 0 Å². The summed E-state index contributed by atoms with van der Waals surface area (Å²) in [5.74, 6) is 0. The van der Waals surface area contributed by atoms with Gasteiger partial charge in [-0.25, -0.2) is 0 Å². The molecule has 38 valence electrons. The Morgan fingerprint density at radius 1 is 1.50 bits per heavy atom. The number of rotatable bonds is 1. The van der Waals surface area contributed by atoms with Crippen LogP contribution in [0.5, 0.6) is 0 Å². The number of hydrogen-bond donors (Lipinski definition) is 0. The minimum Gasteiger partial charge on any atom is -0.0930 e. The second-order valence-electron chi connectivity index (χ2n) is 0.749. The van der Waals surface area contributed by atoms with Gasteiger partial charge in [0.15, 0.2) is 2.69 Å². The zero-order chi connectivity index (χ0) is 5.21. The van der Waals surface area contributed by atoms with Crippen molar-refractivity contribution in [3.05, 3.63) is 0 Å². The molecule has 4 heteroatoms. The Balaban J connectivity index is 3.17. The normalized spacial score (nSPS) is 12.0. The van der Waals surface area contributed by atoms with Crippen molar-refractivity contribution >= 4 is 59.4 Å². The molecular formula is C2H2Br3Cl. The van der Waals surface area contributed by atoms with Gasteiger partial charge in [0.2, 0.25) is 0 Å². The molecule has 0 rings (SSSR count). The summed E-state index contributed by atoms with van der Waals surface area (Å²) in [5, 5.41) is 0.682. The van der Waals surface area contributed by atoms with Gasteiger partial charge in [-0.05, 0) is 0 Å². The summed E-state index contributed by atoms with van der Waals surface area (Å²) in [6.07, 6.45) is 0. The fraction of sp³-hybridized carbons (Fsp3) is 1.00. The third kappa shape index (κ3) is 5.73. The Morgan fingerprint density at radius 3 is 1.67 bits per heavy atom. The minimum absolute atomic E-state index is 0.444. The van der Waals surface area contributed by atoms with Crippen molar-refractivity contribution in [1.29, 1.82) is 0 Å². The molecule has 0 aliphatic carbocycles. The van der Waals surface area contributed by atoms with Crippen molar-refractivity contribution in [2.45, 2.75) is 2.69 Å². The monoisotopic (exact) mass is 298 g/mol. The highest BCUT2D eigenvalue weighted by molar-refractivity contribution is 9.26. The van der Waals surface area contributed by atoms with E-state index in [1.807, 2.05) is 0 Å². The van der Waals surface area contributed by atoms with Crippen LogP contribution in [0.1, 0.15) is 0 Å². The van der Waals surface area contributed by atoms with Crippen molar-refractivity contribution in [1.82, 2.24) is 0 Å².